The van der Waals surface area contributed by atoms with Gasteiger partial charge in [-0.3, -0.25) is 4.79 Å². The predicted octanol–water partition coefficient (Wildman–Crippen LogP) is 4.11. The maximum atomic E-state index is 13.6. The number of piperidine rings is 1. The molecule has 4 rings (SSSR count). The second-order valence-corrected chi connectivity index (χ2v) is 7.72. The molecule has 0 bridgehead atoms. The molecule has 0 unspecified atom stereocenters. The molecular weight excluding hydrogens is 338 g/mol. The minimum atomic E-state index is 0.0623. The van der Waals surface area contributed by atoms with Crippen LogP contribution < -0.4 is 0 Å². The molecule has 3 heterocycles. The molecule has 0 aliphatic carbocycles. The Kier molecular flexibility index (Phi) is 4.79. The Morgan fingerprint density at radius 2 is 2.04 bits per heavy atom. The lowest BCUT2D eigenvalue weighted by Gasteiger charge is -2.37. The smallest absolute Gasteiger partial charge is 0.271 e. The second-order valence-electron chi connectivity index (χ2n) is 7.72. The Labute approximate surface area is 159 Å². The molecule has 0 spiro atoms. The van der Waals surface area contributed by atoms with Gasteiger partial charge in [0.25, 0.3) is 5.91 Å². The molecule has 5 heteroatoms. The molecule has 1 aromatic carbocycles. The van der Waals surface area contributed by atoms with Gasteiger partial charge in [0, 0.05) is 16.9 Å². The highest BCUT2D eigenvalue weighted by Crippen LogP contribution is 2.27. The number of hydrogen-bond acceptors (Lipinski definition) is 3. The number of likely N-dealkylation sites (tertiary alicyclic amines) is 1. The van der Waals surface area contributed by atoms with Crippen molar-refractivity contribution >= 4 is 16.8 Å². The van der Waals surface area contributed by atoms with Crippen molar-refractivity contribution < 1.29 is 9.21 Å². The van der Waals surface area contributed by atoms with Gasteiger partial charge >= 0.3 is 0 Å². The van der Waals surface area contributed by atoms with Crippen molar-refractivity contribution in [3.8, 4) is 0 Å². The van der Waals surface area contributed by atoms with E-state index in [1.54, 1.807) is 6.26 Å². The van der Waals surface area contributed by atoms with E-state index in [0.717, 1.165) is 48.2 Å². The van der Waals surface area contributed by atoms with Crippen molar-refractivity contribution in [2.45, 2.75) is 39.3 Å². The summed E-state index contributed by atoms with van der Waals surface area (Å²) in [5.41, 5.74) is 3.94. The molecule has 1 N–H and O–H groups in total. The lowest BCUT2D eigenvalue weighted by Crippen LogP contribution is -2.46. The summed E-state index contributed by atoms with van der Waals surface area (Å²) in [5.74, 6) is 0.888. The Morgan fingerprint density at radius 1 is 1.26 bits per heavy atom. The number of rotatable bonds is 4. The van der Waals surface area contributed by atoms with Crippen LogP contribution in [0, 0.1) is 13.8 Å². The van der Waals surface area contributed by atoms with Gasteiger partial charge in [-0.05, 0) is 76.7 Å². The van der Waals surface area contributed by atoms with Crippen LogP contribution in [0.1, 0.15) is 40.2 Å². The molecule has 1 fully saturated rings. The first kappa shape index (κ1) is 17.9. The third-order valence-electron chi connectivity index (χ3n) is 5.72. The van der Waals surface area contributed by atoms with Gasteiger partial charge in [0.15, 0.2) is 0 Å². The van der Waals surface area contributed by atoms with Crippen LogP contribution in [0.3, 0.4) is 0 Å². The second kappa shape index (κ2) is 7.24. The molecule has 3 aromatic rings. The van der Waals surface area contributed by atoms with Gasteiger partial charge in [-0.25, -0.2) is 0 Å². The Balaban J connectivity index is 1.68. The average Bonchev–Trinajstić information content (AvgIpc) is 3.28. The standard InChI is InChI=1S/C22H27N3O2/c1-15-6-7-20-19(13-15)16(2)21(23-20)22(26)25(14-18-5-4-12-27-18)17-8-10-24(3)11-9-17/h4-7,12-13,17,23H,8-11,14H2,1-3H3. The monoisotopic (exact) mass is 365 g/mol. The van der Waals surface area contributed by atoms with Crippen LogP contribution in [0.4, 0.5) is 0 Å². The van der Waals surface area contributed by atoms with Crippen molar-refractivity contribution in [3.05, 3.63) is 59.2 Å². The van der Waals surface area contributed by atoms with E-state index < -0.39 is 0 Å². The molecule has 1 aliphatic heterocycles. The lowest BCUT2D eigenvalue weighted by molar-refractivity contribution is 0.0545. The van der Waals surface area contributed by atoms with Gasteiger partial charge in [0.2, 0.25) is 0 Å². The van der Waals surface area contributed by atoms with Crippen molar-refractivity contribution in [1.82, 2.24) is 14.8 Å². The minimum absolute atomic E-state index is 0.0623. The van der Waals surface area contributed by atoms with Gasteiger partial charge in [0.05, 0.1) is 12.8 Å². The third kappa shape index (κ3) is 3.52. The largest absolute Gasteiger partial charge is 0.467 e. The highest BCUT2D eigenvalue weighted by molar-refractivity contribution is 6.01. The van der Waals surface area contributed by atoms with Gasteiger partial charge in [-0.2, -0.15) is 0 Å². The van der Waals surface area contributed by atoms with Crippen molar-refractivity contribution in [2.75, 3.05) is 20.1 Å². The fraction of sp³-hybridized carbons (Fsp3) is 0.409. The number of amides is 1. The van der Waals surface area contributed by atoms with E-state index in [0.29, 0.717) is 12.2 Å². The molecule has 27 heavy (non-hydrogen) atoms. The van der Waals surface area contributed by atoms with Crippen LogP contribution in [0.15, 0.2) is 41.0 Å². The van der Waals surface area contributed by atoms with Crippen molar-refractivity contribution in [1.29, 1.82) is 0 Å². The Bertz CT molecular complexity index is 934. The van der Waals surface area contributed by atoms with Crippen LogP contribution in [0.5, 0.6) is 0 Å². The number of benzene rings is 1. The number of nitrogens with one attached hydrogen (secondary N) is 1. The quantitative estimate of drug-likeness (QED) is 0.757. The summed E-state index contributed by atoms with van der Waals surface area (Å²) >= 11 is 0. The third-order valence-corrected chi connectivity index (χ3v) is 5.72. The molecule has 2 aromatic heterocycles. The summed E-state index contributed by atoms with van der Waals surface area (Å²) < 4.78 is 5.55. The van der Waals surface area contributed by atoms with Crippen LogP contribution in [-0.4, -0.2) is 46.9 Å². The van der Waals surface area contributed by atoms with E-state index in [9.17, 15) is 4.79 Å². The summed E-state index contributed by atoms with van der Waals surface area (Å²) in [7, 11) is 2.14. The van der Waals surface area contributed by atoms with Crippen LogP contribution in [0.2, 0.25) is 0 Å². The van der Waals surface area contributed by atoms with Gasteiger partial charge in [0.1, 0.15) is 11.5 Å². The summed E-state index contributed by atoms with van der Waals surface area (Å²) in [6.07, 6.45) is 3.65. The van der Waals surface area contributed by atoms with E-state index in [4.69, 9.17) is 4.42 Å². The number of nitrogens with zero attached hydrogens (tertiary/aromatic N) is 2. The fourth-order valence-electron chi connectivity index (χ4n) is 4.04. The molecule has 1 saturated heterocycles. The minimum Gasteiger partial charge on any atom is -0.467 e. The van der Waals surface area contributed by atoms with E-state index in [1.165, 1.54) is 5.56 Å². The van der Waals surface area contributed by atoms with E-state index >= 15 is 0 Å². The summed E-state index contributed by atoms with van der Waals surface area (Å²) in [4.78, 5) is 21.3. The summed E-state index contributed by atoms with van der Waals surface area (Å²) in [5, 5.41) is 1.12. The first-order valence-corrected chi connectivity index (χ1v) is 9.64. The highest BCUT2D eigenvalue weighted by atomic mass is 16.3. The number of carbonyl (C=O) groups is 1. The number of hydrogen-bond donors (Lipinski definition) is 1. The molecule has 0 atom stereocenters. The zero-order chi connectivity index (χ0) is 19.0. The highest BCUT2D eigenvalue weighted by Gasteiger charge is 2.30. The zero-order valence-corrected chi connectivity index (χ0v) is 16.3. The number of furan rings is 1. The summed E-state index contributed by atoms with van der Waals surface area (Å²) in [6.45, 7) is 6.64. The van der Waals surface area contributed by atoms with Crippen molar-refractivity contribution in [3.63, 3.8) is 0 Å². The molecule has 142 valence electrons. The fourth-order valence-corrected chi connectivity index (χ4v) is 4.04. The lowest BCUT2D eigenvalue weighted by atomic mass is 10.0. The number of aromatic nitrogens is 1. The van der Waals surface area contributed by atoms with E-state index in [1.807, 2.05) is 24.0 Å². The number of fused-ring (bicyclic) bond motifs is 1. The number of carbonyl (C=O) groups excluding carboxylic acids is 1. The number of aryl methyl sites for hydroxylation is 2. The number of aromatic amines is 1. The molecule has 5 nitrogen and oxygen atoms in total. The zero-order valence-electron chi connectivity index (χ0n) is 16.3. The molecular formula is C22H27N3O2. The van der Waals surface area contributed by atoms with E-state index in [2.05, 4.69) is 42.1 Å². The van der Waals surface area contributed by atoms with Crippen molar-refractivity contribution in [2.24, 2.45) is 0 Å². The van der Waals surface area contributed by atoms with Crippen LogP contribution in [-0.2, 0) is 6.54 Å². The van der Waals surface area contributed by atoms with Crippen LogP contribution in [0.25, 0.3) is 10.9 Å². The molecule has 0 saturated carbocycles. The SMILES string of the molecule is Cc1ccc2[nH]c(C(=O)N(Cc3ccco3)C3CCN(C)CC3)c(C)c2c1. The molecule has 1 aliphatic rings. The van der Waals surface area contributed by atoms with Gasteiger partial charge in [-0.1, -0.05) is 11.6 Å². The topological polar surface area (TPSA) is 52.5 Å². The number of H-pyrrole nitrogens is 1. The van der Waals surface area contributed by atoms with Gasteiger partial charge in [-0.15, -0.1) is 0 Å². The maximum Gasteiger partial charge on any atom is 0.271 e. The first-order chi connectivity index (χ1) is 13.0. The predicted molar refractivity (Wildman–Crippen MR) is 107 cm³/mol. The molecule has 1 amide bonds. The Morgan fingerprint density at radius 3 is 2.74 bits per heavy atom. The average molecular weight is 365 g/mol. The summed E-state index contributed by atoms with van der Waals surface area (Å²) in [6, 6.07) is 10.3. The van der Waals surface area contributed by atoms with Crippen LogP contribution >= 0.6 is 0 Å². The van der Waals surface area contributed by atoms with E-state index in [-0.39, 0.29) is 11.9 Å². The maximum absolute atomic E-state index is 13.6. The first-order valence-electron chi connectivity index (χ1n) is 9.64. The van der Waals surface area contributed by atoms with Gasteiger partial charge < -0.3 is 19.2 Å². The normalized spacial score (nSPS) is 16.1. The Hall–Kier alpha value is -2.53. The molecule has 0 radical (unpaired) electrons.